The van der Waals surface area contributed by atoms with Crippen molar-refractivity contribution in [1.29, 1.82) is 0 Å². The van der Waals surface area contributed by atoms with E-state index in [-0.39, 0.29) is 11.7 Å². The Balaban J connectivity index is 1.77. The largest absolute Gasteiger partial charge is 0.497 e. The summed E-state index contributed by atoms with van der Waals surface area (Å²) in [4.78, 5) is 19.0. The van der Waals surface area contributed by atoms with Crippen LogP contribution in [0.25, 0.3) is 10.9 Å². The van der Waals surface area contributed by atoms with E-state index in [0.717, 1.165) is 49.2 Å². The molecule has 1 aliphatic rings. The molecule has 1 aromatic heterocycles. The van der Waals surface area contributed by atoms with Gasteiger partial charge in [0.1, 0.15) is 5.75 Å². The van der Waals surface area contributed by atoms with Crippen LogP contribution in [0.4, 0.5) is 0 Å². The molecule has 0 amide bonds. The summed E-state index contributed by atoms with van der Waals surface area (Å²) in [7, 11) is 5.85. The number of nitrogens with zero attached hydrogens (tertiary/aromatic N) is 1. The van der Waals surface area contributed by atoms with Crippen LogP contribution in [-0.2, 0) is 11.3 Å². The van der Waals surface area contributed by atoms with E-state index in [1.165, 1.54) is 4.90 Å². The van der Waals surface area contributed by atoms with E-state index in [4.69, 9.17) is 21.7 Å². The van der Waals surface area contributed by atoms with Gasteiger partial charge in [0.25, 0.3) is 5.56 Å². The van der Waals surface area contributed by atoms with Gasteiger partial charge in [0.2, 0.25) is 0 Å². The van der Waals surface area contributed by atoms with Crippen LogP contribution in [0, 0.1) is 0 Å². The molecule has 3 N–H and O–H groups in total. The Morgan fingerprint density at radius 2 is 2.24 bits per heavy atom. The number of fused-ring (bicyclic) bond motifs is 1. The van der Waals surface area contributed by atoms with E-state index < -0.39 is 0 Å². The lowest BCUT2D eigenvalue weighted by Gasteiger charge is -2.27. The molecule has 3 rings (SSSR count). The normalized spacial score (nSPS) is 16.3. The van der Waals surface area contributed by atoms with Crippen molar-refractivity contribution in [2.45, 2.75) is 25.5 Å². The van der Waals surface area contributed by atoms with Crippen LogP contribution in [0.15, 0.2) is 29.1 Å². The summed E-state index contributed by atoms with van der Waals surface area (Å²) < 4.78 is 11.0. The molecule has 1 fully saturated rings. The molecule has 1 atom stereocenters. The summed E-state index contributed by atoms with van der Waals surface area (Å²) in [5, 5.41) is 4.93. The molecule has 1 saturated heterocycles. The molecule has 0 unspecified atom stereocenters. The Morgan fingerprint density at radius 3 is 2.93 bits per heavy atom. The number of hydrogen-bond acceptors (Lipinski definition) is 4. The Kier molecular flexibility index (Phi) is 7.46. The van der Waals surface area contributed by atoms with Gasteiger partial charge < -0.3 is 29.6 Å². The summed E-state index contributed by atoms with van der Waals surface area (Å²) >= 11 is 5.66. The molecule has 1 aliphatic heterocycles. The Labute approximate surface area is 177 Å². The average Bonchev–Trinajstić information content (AvgIpc) is 3.22. The SMILES string of the molecule is COc1ccc2[nH]c(=O)c(CN(CC[NH+](C)C)C(=S)NC[C@H]3CCCO3)cc2c1. The number of quaternary nitrogens is 1. The first-order valence-electron chi connectivity index (χ1n) is 10.1. The van der Waals surface area contributed by atoms with Gasteiger partial charge in [0.05, 0.1) is 46.9 Å². The summed E-state index contributed by atoms with van der Waals surface area (Å²) in [6.07, 6.45) is 2.37. The number of ether oxygens (including phenoxy) is 2. The fraction of sp³-hybridized carbons (Fsp3) is 0.524. The predicted octanol–water partition coefficient (Wildman–Crippen LogP) is 0.537. The van der Waals surface area contributed by atoms with Crippen LogP contribution in [0.5, 0.6) is 5.75 Å². The highest BCUT2D eigenvalue weighted by Crippen LogP contribution is 2.19. The Hall–Kier alpha value is -2.16. The maximum atomic E-state index is 12.6. The van der Waals surface area contributed by atoms with E-state index in [2.05, 4.69) is 29.3 Å². The van der Waals surface area contributed by atoms with Crippen molar-refractivity contribution in [3.05, 3.63) is 40.2 Å². The molecule has 0 spiro atoms. The molecule has 0 aliphatic carbocycles. The van der Waals surface area contributed by atoms with Crippen LogP contribution in [-0.4, -0.2) is 68.5 Å². The molecule has 2 heterocycles. The quantitative estimate of drug-likeness (QED) is 0.543. The van der Waals surface area contributed by atoms with E-state index in [0.29, 0.717) is 23.8 Å². The third-order valence-corrected chi connectivity index (χ3v) is 5.57. The summed E-state index contributed by atoms with van der Waals surface area (Å²) in [5.74, 6) is 0.761. The molecule has 7 nitrogen and oxygen atoms in total. The molecule has 0 saturated carbocycles. The van der Waals surface area contributed by atoms with Crippen molar-refractivity contribution in [3.63, 3.8) is 0 Å². The number of H-pyrrole nitrogens is 1. The molecule has 29 heavy (non-hydrogen) atoms. The molecular formula is C21H31N4O3S+. The van der Waals surface area contributed by atoms with Crippen molar-refractivity contribution in [3.8, 4) is 5.75 Å². The van der Waals surface area contributed by atoms with Crippen molar-refractivity contribution >= 4 is 28.2 Å². The van der Waals surface area contributed by atoms with Crippen molar-refractivity contribution in [2.24, 2.45) is 0 Å². The van der Waals surface area contributed by atoms with E-state index in [1.807, 2.05) is 24.3 Å². The van der Waals surface area contributed by atoms with Crippen LogP contribution in [0.1, 0.15) is 18.4 Å². The van der Waals surface area contributed by atoms with E-state index >= 15 is 0 Å². The second-order valence-electron chi connectivity index (χ2n) is 7.78. The van der Waals surface area contributed by atoms with Gasteiger partial charge in [-0.15, -0.1) is 0 Å². The number of benzene rings is 1. The van der Waals surface area contributed by atoms with Crippen LogP contribution in [0.3, 0.4) is 0 Å². The van der Waals surface area contributed by atoms with E-state index in [1.54, 1.807) is 7.11 Å². The zero-order chi connectivity index (χ0) is 20.8. The molecule has 0 radical (unpaired) electrons. The van der Waals surface area contributed by atoms with E-state index in [9.17, 15) is 4.79 Å². The Bertz CT molecular complexity index is 893. The van der Waals surface area contributed by atoms with Crippen LogP contribution in [0.2, 0.25) is 0 Å². The second kappa shape index (κ2) is 10.0. The number of aromatic nitrogens is 1. The van der Waals surface area contributed by atoms with Gasteiger partial charge in [-0.2, -0.15) is 0 Å². The lowest BCUT2D eigenvalue weighted by atomic mass is 10.1. The second-order valence-corrected chi connectivity index (χ2v) is 8.16. The van der Waals surface area contributed by atoms with Crippen molar-refractivity contribution in [1.82, 2.24) is 15.2 Å². The number of nitrogens with one attached hydrogen (secondary N) is 3. The molecule has 0 bridgehead atoms. The first-order chi connectivity index (χ1) is 14.0. The monoisotopic (exact) mass is 419 g/mol. The van der Waals surface area contributed by atoms with Gasteiger partial charge in [-0.3, -0.25) is 4.79 Å². The van der Waals surface area contributed by atoms with Crippen LogP contribution < -0.4 is 20.5 Å². The number of pyridine rings is 1. The predicted molar refractivity (Wildman–Crippen MR) is 119 cm³/mol. The zero-order valence-corrected chi connectivity index (χ0v) is 18.2. The number of thiocarbonyl (C=S) groups is 1. The van der Waals surface area contributed by atoms with Gasteiger partial charge >= 0.3 is 0 Å². The Morgan fingerprint density at radius 1 is 1.41 bits per heavy atom. The highest BCUT2D eigenvalue weighted by Gasteiger charge is 2.19. The van der Waals surface area contributed by atoms with Gasteiger partial charge in [-0.1, -0.05) is 0 Å². The summed E-state index contributed by atoms with van der Waals surface area (Å²) in [6, 6.07) is 7.56. The maximum Gasteiger partial charge on any atom is 0.253 e. The average molecular weight is 420 g/mol. The van der Waals surface area contributed by atoms with Gasteiger partial charge in [0.15, 0.2) is 5.11 Å². The first-order valence-corrected chi connectivity index (χ1v) is 10.5. The lowest BCUT2D eigenvalue weighted by Crippen LogP contribution is -3.06. The molecule has 1 aromatic carbocycles. The zero-order valence-electron chi connectivity index (χ0n) is 17.4. The first kappa shape index (κ1) is 21.5. The molecule has 158 valence electrons. The smallest absolute Gasteiger partial charge is 0.253 e. The third kappa shape index (κ3) is 5.91. The summed E-state index contributed by atoms with van der Waals surface area (Å²) in [6.45, 7) is 3.65. The van der Waals surface area contributed by atoms with Gasteiger partial charge in [-0.25, -0.2) is 0 Å². The fourth-order valence-corrected chi connectivity index (χ4v) is 3.65. The van der Waals surface area contributed by atoms with Gasteiger partial charge in [-0.05, 0) is 49.3 Å². The minimum Gasteiger partial charge on any atom is -0.497 e. The molecule has 2 aromatic rings. The minimum atomic E-state index is -0.0909. The summed E-state index contributed by atoms with van der Waals surface area (Å²) in [5.41, 5.74) is 1.38. The highest BCUT2D eigenvalue weighted by molar-refractivity contribution is 7.80. The third-order valence-electron chi connectivity index (χ3n) is 5.16. The molecular weight excluding hydrogens is 388 g/mol. The standard InChI is InChI=1S/C21H30N4O3S/c1-24(2)8-9-25(21(29)22-13-18-5-4-10-28-18)14-16-11-15-12-17(27-3)6-7-19(15)23-20(16)26/h6-7,11-12,18H,4-5,8-10,13-14H2,1-3H3,(H,22,29)(H,23,26)/p+1/t18-/m1/s1. The highest BCUT2D eigenvalue weighted by atomic mass is 32.1. The number of aromatic amines is 1. The van der Waals surface area contributed by atoms with Crippen molar-refractivity contribution in [2.75, 3.05) is 47.4 Å². The van der Waals surface area contributed by atoms with Crippen molar-refractivity contribution < 1.29 is 14.4 Å². The number of rotatable bonds is 8. The maximum absolute atomic E-state index is 12.6. The van der Waals surface area contributed by atoms with Gasteiger partial charge in [0, 0.05) is 29.6 Å². The molecule has 8 heteroatoms. The number of methoxy groups -OCH3 is 1. The lowest BCUT2D eigenvalue weighted by molar-refractivity contribution is -0.857. The van der Waals surface area contributed by atoms with Crippen LogP contribution >= 0.6 is 12.2 Å². The topological polar surface area (TPSA) is 71.0 Å². The minimum absolute atomic E-state index is 0.0909. The number of likely N-dealkylation sites (N-methyl/N-ethyl adjacent to an activating group) is 1. The fourth-order valence-electron chi connectivity index (χ4n) is 3.41. The number of hydrogen-bond donors (Lipinski definition) is 3.